The van der Waals surface area contributed by atoms with E-state index in [0.717, 1.165) is 66.1 Å². The zero-order chi connectivity index (χ0) is 22.3. The maximum atomic E-state index is 6.32. The molecule has 2 aromatic heterocycles. The lowest BCUT2D eigenvalue weighted by molar-refractivity contribution is -0.0196. The second kappa shape index (κ2) is 8.13. The van der Waals surface area contributed by atoms with E-state index in [4.69, 9.17) is 20.3 Å². The highest BCUT2D eigenvalue weighted by atomic mass is 16.5. The number of hydrogen-bond donors (Lipinski definition) is 2. The molecular weight excluding hydrogens is 416 g/mol. The largest absolute Gasteiger partial charge is 0.457 e. The van der Waals surface area contributed by atoms with Gasteiger partial charge < -0.3 is 20.5 Å². The first kappa shape index (κ1) is 20.1. The number of nitrogens with one attached hydrogen (secondary N) is 1. The van der Waals surface area contributed by atoms with Crippen LogP contribution in [0.5, 0.6) is 11.5 Å². The van der Waals surface area contributed by atoms with E-state index in [1.807, 2.05) is 59.3 Å². The van der Waals surface area contributed by atoms with Gasteiger partial charge in [-0.1, -0.05) is 18.2 Å². The van der Waals surface area contributed by atoms with E-state index in [2.05, 4.69) is 15.3 Å². The molecule has 168 valence electrons. The Bertz CT molecular complexity index is 1270. The van der Waals surface area contributed by atoms with Gasteiger partial charge in [0.2, 0.25) is 0 Å². The number of para-hydroxylation sites is 1. The van der Waals surface area contributed by atoms with Crippen molar-refractivity contribution >= 4 is 16.9 Å². The molecule has 1 unspecified atom stereocenters. The Morgan fingerprint density at radius 2 is 1.76 bits per heavy atom. The van der Waals surface area contributed by atoms with E-state index < -0.39 is 0 Å². The minimum absolute atomic E-state index is 0.0661. The average molecular weight is 443 g/mol. The first-order chi connectivity index (χ1) is 16.2. The topological polar surface area (TPSA) is 100 Å². The number of rotatable bonds is 4. The zero-order valence-electron chi connectivity index (χ0n) is 18.3. The molecular formula is C25H26N6O2. The SMILES string of the molecule is Nc1ncnc2c1c(-c1ccc(Oc3ccccc3)cc1)nn2C1COC2(CCNCC2)C1. The molecule has 1 spiro atoms. The molecule has 2 aliphatic rings. The highest BCUT2D eigenvalue weighted by Crippen LogP contribution is 2.41. The Balaban J connectivity index is 1.34. The minimum Gasteiger partial charge on any atom is -0.457 e. The molecule has 3 N–H and O–H groups in total. The van der Waals surface area contributed by atoms with Crippen LogP contribution in [0.2, 0.25) is 0 Å². The number of hydrogen-bond acceptors (Lipinski definition) is 7. The molecule has 2 aromatic carbocycles. The molecule has 8 nitrogen and oxygen atoms in total. The van der Waals surface area contributed by atoms with Gasteiger partial charge in [0.25, 0.3) is 0 Å². The number of piperidine rings is 1. The fourth-order valence-corrected chi connectivity index (χ4v) is 4.97. The number of ether oxygens (including phenoxy) is 2. The van der Waals surface area contributed by atoms with Crippen LogP contribution in [0.3, 0.4) is 0 Å². The first-order valence-electron chi connectivity index (χ1n) is 11.4. The number of anilines is 1. The van der Waals surface area contributed by atoms with Crippen molar-refractivity contribution in [2.45, 2.75) is 30.9 Å². The number of nitrogens with two attached hydrogens (primary N) is 1. The van der Waals surface area contributed by atoms with E-state index in [0.29, 0.717) is 12.4 Å². The predicted octanol–water partition coefficient (Wildman–Crippen LogP) is 3.95. The quantitative estimate of drug-likeness (QED) is 0.494. The lowest BCUT2D eigenvalue weighted by atomic mass is 9.88. The standard InChI is InChI=1S/C25H26N6O2/c26-23-21-22(17-6-8-20(9-7-17)33-19-4-2-1-3-5-19)30-31(24(21)29-16-28-23)18-14-25(32-15-18)10-12-27-13-11-25/h1-9,16,18,27H,10-15H2,(H2,26,28,29). The summed E-state index contributed by atoms with van der Waals surface area (Å²) < 4.78 is 14.3. The summed E-state index contributed by atoms with van der Waals surface area (Å²) in [5.41, 5.74) is 8.71. The summed E-state index contributed by atoms with van der Waals surface area (Å²) in [4.78, 5) is 8.80. The molecule has 0 amide bonds. The Kier molecular flexibility index (Phi) is 4.96. The van der Waals surface area contributed by atoms with Gasteiger partial charge in [-0.05, 0) is 62.3 Å². The Morgan fingerprint density at radius 1 is 1.00 bits per heavy atom. The molecule has 0 aliphatic carbocycles. The normalized spacial score (nSPS) is 19.8. The van der Waals surface area contributed by atoms with Crippen LogP contribution in [0.25, 0.3) is 22.3 Å². The molecule has 0 saturated carbocycles. The summed E-state index contributed by atoms with van der Waals surface area (Å²) in [5, 5.41) is 9.19. The van der Waals surface area contributed by atoms with E-state index in [9.17, 15) is 0 Å². The lowest BCUT2D eigenvalue weighted by Crippen LogP contribution is -2.41. The number of nitrogen functional groups attached to an aromatic ring is 1. The van der Waals surface area contributed by atoms with E-state index in [1.54, 1.807) is 0 Å². The second-order valence-corrected chi connectivity index (χ2v) is 8.79. The average Bonchev–Trinajstić information content (AvgIpc) is 3.43. The monoisotopic (exact) mass is 442 g/mol. The number of nitrogens with zero attached hydrogens (tertiary/aromatic N) is 4. The molecule has 0 bridgehead atoms. The minimum atomic E-state index is -0.0661. The van der Waals surface area contributed by atoms with E-state index in [1.165, 1.54) is 6.33 Å². The van der Waals surface area contributed by atoms with Gasteiger partial charge in [-0.2, -0.15) is 5.10 Å². The number of aromatic nitrogens is 4. The zero-order valence-corrected chi connectivity index (χ0v) is 18.3. The lowest BCUT2D eigenvalue weighted by Gasteiger charge is -2.32. The summed E-state index contributed by atoms with van der Waals surface area (Å²) in [7, 11) is 0. The summed E-state index contributed by atoms with van der Waals surface area (Å²) >= 11 is 0. The van der Waals surface area contributed by atoms with Crippen molar-refractivity contribution in [2.75, 3.05) is 25.4 Å². The van der Waals surface area contributed by atoms with E-state index in [-0.39, 0.29) is 11.6 Å². The van der Waals surface area contributed by atoms with E-state index >= 15 is 0 Å². The summed E-state index contributed by atoms with van der Waals surface area (Å²) in [6.45, 7) is 2.61. The van der Waals surface area contributed by atoms with Crippen molar-refractivity contribution in [3.8, 4) is 22.8 Å². The first-order valence-corrected chi connectivity index (χ1v) is 11.4. The van der Waals surface area contributed by atoms with Crippen molar-refractivity contribution in [1.29, 1.82) is 0 Å². The van der Waals surface area contributed by atoms with Gasteiger partial charge in [0, 0.05) is 12.0 Å². The highest BCUT2D eigenvalue weighted by molar-refractivity contribution is 5.98. The Morgan fingerprint density at radius 3 is 2.55 bits per heavy atom. The predicted molar refractivity (Wildman–Crippen MR) is 126 cm³/mol. The molecule has 4 heterocycles. The van der Waals surface area contributed by atoms with Crippen LogP contribution in [0.1, 0.15) is 25.3 Å². The summed E-state index contributed by atoms with van der Waals surface area (Å²) in [6.07, 6.45) is 4.48. The maximum absolute atomic E-state index is 6.32. The van der Waals surface area contributed by atoms with Gasteiger partial charge in [0.1, 0.15) is 29.3 Å². The van der Waals surface area contributed by atoms with Gasteiger partial charge in [-0.25, -0.2) is 14.6 Å². The van der Waals surface area contributed by atoms with Crippen LogP contribution >= 0.6 is 0 Å². The van der Waals surface area contributed by atoms with Gasteiger partial charge >= 0.3 is 0 Å². The summed E-state index contributed by atoms with van der Waals surface area (Å²) in [6, 6.07) is 17.7. The molecule has 2 saturated heterocycles. The van der Waals surface area contributed by atoms with Gasteiger partial charge in [-0.15, -0.1) is 0 Å². The molecule has 4 aromatic rings. The molecule has 33 heavy (non-hydrogen) atoms. The molecule has 2 aliphatic heterocycles. The fourth-order valence-electron chi connectivity index (χ4n) is 4.97. The third-order valence-corrected chi connectivity index (χ3v) is 6.67. The molecule has 2 fully saturated rings. The third-order valence-electron chi connectivity index (χ3n) is 6.67. The number of fused-ring (bicyclic) bond motifs is 1. The molecule has 6 rings (SSSR count). The van der Waals surface area contributed by atoms with Crippen LogP contribution < -0.4 is 15.8 Å². The highest BCUT2D eigenvalue weighted by Gasteiger charge is 2.43. The van der Waals surface area contributed by atoms with Gasteiger partial charge in [-0.3, -0.25) is 0 Å². The van der Waals surface area contributed by atoms with Gasteiger partial charge in [0.05, 0.1) is 23.6 Å². The Labute approximate surface area is 191 Å². The van der Waals surface area contributed by atoms with Crippen LogP contribution in [0.15, 0.2) is 60.9 Å². The smallest absolute Gasteiger partial charge is 0.164 e. The van der Waals surface area contributed by atoms with Crippen LogP contribution in [0, 0.1) is 0 Å². The van der Waals surface area contributed by atoms with Crippen molar-refractivity contribution < 1.29 is 9.47 Å². The van der Waals surface area contributed by atoms with Crippen molar-refractivity contribution in [1.82, 2.24) is 25.1 Å². The van der Waals surface area contributed by atoms with Crippen LogP contribution in [0.4, 0.5) is 5.82 Å². The van der Waals surface area contributed by atoms with Crippen LogP contribution in [-0.2, 0) is 4.74 Å². The van der Waals surface area contributed by atoms with Crippen LogP contribution in [-0.4, -0.2) is 45.0 Å². The fraction of sp³-hybridized carbons (Fsp3) is 0.320. The molecule has 1 atom stereocenters. The van der Waals surface area contributed by atoms with Crippen molar-refractivity contribution in [2.24, 2.45) is 0 Å². The van der Waals surface area contributed by atoms with Crippen molar-refractivity contribution in [3.05, 3.63) is 60.9 Å². The summed E-state index contributed by atoms with van der Waals surface area (Å²) in [5.74, 6) is 1.99. The second-order valence-electron chi connectivity index (χ2n) is 8.79. The van der Waals surface area contributed by atoms with Crippen molar-refractivity contribution in [3.63, 3.8) is 0 Å². The molecule has 0 radical (unpaired) electrons. The number of benzene rings is 2. The molecule has 8 heteroatoms. The van der Waals surface area contributed by atoms with Gasteiger partial charge in [0.15, 0.2) is 5.65 Å². The Hall–Kier alpha value is -3.49. The third kappa shape index (κ3) is 3.71. The maximum Gasteiger partial charge on any atom is 0.164 e.